The Kier molecular flexibility index (Phi) is 5.34. The van der Waals surface area contributed by atoms with Crippen LogP contribution in [0.25, 0.3) is 5.69 Å². The second-order valence-electron chi connectivity index (χ2n) is 4.39. The van der Waals surface area contributed by atoms with Crippen LogP contribution in [0, 0.1) is 0 Å². The van der Waals surface area contributed by atoms with Crippen LogP contribution in [0.5, 0.6) is 0 Å². The van der Waals surface area contributed by atoms with Crippen LogP contribution in [0.4, 0.5) is 5.69 Å². The van der Waals surface area contributed by atoms with E-state index in [1.807, 2.05) is 25.1 Å². The van der Waals surface area contributed by atoms with Crippen LogP contribution in [0.3, 0.4) is 0 Å². The molecule has 112 valence electrons. The first-order valence-electron chi connectivity index (χ1n) is 6.87. The maximum Gasteiger partial charge on any atom is 0.358 e. The Bertz CT molecular complexity index is 595. The van der Waals surface area contributed by atoms with Crippen LogP contribution in [-0.2, 0) is 9.47 Å². The molecule has 0 spiro atoms. The van der Waals surface area contributed by atoms with Gasteiger partial charge in [0.25, 0.3) is 0 Å². The molecule has 1 aromatic carbocycles. The molecular weight excluding hydrogens is 270 g/mol. The van der Waals surface area contributed by atoms with Crippen molar-refractivity contribution in [3.63, 3.8) is 0 Å². The van der Waals surface area contributed by atoms with Crippen molar-refractivity contribution in [3.05, 3.63) is 42.2 Å². The summed E-state index contributed by atoms with van der Waals surface area (Å²) >= 11 is 0. The Morgan fingerprint density at radius 2 is 2.10 bits per heavy atom. The van der Waals surface area contributed by atoms with Crippen molar-refractivity contribution in [1.82, 2.24) is 9.78 Å². The fourth-order valence-electron chi connectivity index (χ4n) is 1.81. The third kappa shape index (κ3) is 4.06. The highest BCUT2D eigenvalue weighted by atomic mass is 16.5. The van der Waals surface area contributed by atoms with E-state index in [1.165, 1.54) is 0 Å². The molecule has 2 rings (SSSR count). The highest BCUT2D eigenvalue weighted by Gasteiger charge is 2.12. The number of aromatic nitrogens is 2. The molecule has 2 aromatic rings. The van der Waals surface area contributed by atoms with Crippen molar-refractivity contribution < 1.29 is 14.3 Å². The minimum atomic E-state index is -0.445. The highest BCUT2D eigenvalue weighted by molar-refractivity contribution is 5.87. The second-order valence-corrected chi connectivity index (χ2v) is 4.39. The number of nitrogens with two attached hydrogens (primary N) is 1. The fraction of sp³-hybridized carbons (Fsp3) is 0.333. The number of hydrogen-bond acceptors (Lipinski definition) is 5. The van der Waals surface area contributed by atoms with Crippen molar-refractivity contribution in [1.29, 1.82) is 0 Å². The zero-order valence-corrected chi connectivity index (χ0v) is 12.0. The second kappa shape index (κ2) is 7.44. The summed E-state index contributed by atoms with van der Waals surface area (Å²) < 4.78 is 11.9. The molecule has 21 heavy (non-hydrogen) atoms. The van der Waals surface area contributed by atoms with E-state index in [9.17, 15) is 4.79 Å². The first-order chi connectivity index (χ1) is 10.2. The molecule has 0 radical (unpaired) electrons. The lowest BCUT2D eigenvalue weighted by molar-refractivity contribution is 0.0445. The van der Waals surface area contributed by atoms with Gasteiger partial charge in [0.2, 0.25) is 0 Å². The standard InChI is InChI=1S/C15H19N3O3/c1-2-20-10-5-11-21-15(19)13-8-9-18(17-13)14-7-4-3-6-12(14)16/h3-4,6-9H,2,5,10-11,16H2,1H3. The van der Waals surface area contributed by atoms with Crippen LogP contribution in [0.2, 0.25) is 0 Å². The number of nitrogen functional groups attached to an aromatic ring is 1. The topological polar surface area (TPSA) is 79.4 Å². The zero-order chi connectivity index (χ0) is 15.1. The van der Waals surface area contributed by atoms with Crippen LogP contribution in [-0.4, -0.2) is 35.6 Å². The Labute approximate surface area is 123 Å². The van der Waals surface area contributed by atoms with E-state index in [0.717, 1.165) is 5.69 Å². The van der Waals surface area contributed by atoms with Gasteiger partial charge < -0.3 is 15.2 Å². The smallest absolute Gasteiger partial charge is 0.358 e. The van der Waals surface area contributed by atoms with E-state index in [2.05, 4.69) is 5.10 Å². The monoisotopic (exact) mass is 289 g/mol. The number of anilines is 1. The van der Waals surface area contributed by atoms with Crippen molar-refractivity contribution in [2.24, 2.45) is 0 Å². The van der Waals surface area contributed by atoms with Gasteiger partial charge in [0.15, 0.2) is 5.69 Å². The molecule has 0 aliphatic rings. The number of para-hydroxylation sites is 2. The molecule has 0 unspecified atom stereocenters. The van der Waals surface area contributed by atoms with Crippen LogP contribution in [0.15, 0.2) is 36.5 Å². The predicted octanol–water partition coefficient (Wildman–Crippen LogP) is 2.04. The summed E-state index contributed by atoms with van der Waals surface area (Å²) in [5.74, 6) is -0.445. The van der Waals surface area contributed by atoms with Gasteiger partial charge in [-0.25, -0.2) is 9.48 Å². The van der Waals surface area contributed by atoms with Gasteiger partial charge in [-0.3, -0.25) is 0 Å². The minimum absolute atomic E-state index is 0.259. The molecule has 0 aliphatic carbocycles. The number of benzene rings is 1. The molecule has 0 fully saturated rings. The molecule has 1 heterocycles. The van der Waals surface area contributed by atoms with Gasteiger partial charge in [0.05, 0.1) is 18.0 Å². The summed E-state index contributed by atoms with van der Waals surface area (Å²) in [4.78, 5) is 11.8. The first kappa shape index (κ1) is 15.1. The van der Waals surface area contributed by atoms with E-state index >= 15 is 0 Å². The highest BCUT2D eigenvalue weighted by Crippen LogP contribution is 2.15. The van der Waals surface area contributed by atoms with Gasteiger partial charge in [-0.15, -0.1) is 0 Å². The number of carbonyl (C=O) groups is 1. The van der Waals surface area contributed by atoms with Gasteiger partial charge in [-0.1, -0.05) is 12.1 Å². The van der Waals surface area contributed by atoms with Gasteiger partial charge in [-0.05, 0) is 25.1 Å². The molecule has 0 aliphatic heterocycles. The summed E-state index contributed by atoms with van der Waals surface area (Å²) in [6.45, 7) is 3.49. The van der Waals surface area contributed by atoms with E-state index in [0.29, 0.717) is 31.9 Å². The maximum atomic E-state index is 11.8. The SMILES string of the molecule is CCOCCCOC(=O)c1ccn(-c2ccccc2N)n1. The number of carbonyl (C=O) groups excluding carboxylic acids is 1. The van der Waals surface area contributed by atoms with Crippen molar-refractivity contribution in [2.75, 3.05) is 25.6 Å². The third-order valence-electron chi connectivity index (χ3n) is 2.85. The molecular formula is C15H19N3O3. The van der Waals surface area contributed by atoms with Crippen molar-refractivity contribution in [3.8, 4) is 5.69 Å². The molecule has 6 heteroatoms. The molecule has 2 N–H and O–H groups in total. The lowest BCUT2D eigenvalue weighted by Gasteiger charge is -2.05. The Morgan fingerprint density at radius 1 is 1.29 bits per heavy atom. The average Bonchev–Trinajstić information content (AvgIpc) is 2.97. The third-order valence-corrected chi connectivity index (χ3v) is 2.85. The zero-order valence-electron chi connectivity index (χ0n) is 12.0. The Morgan fingerprint density at radius 3 is 2.86 bits per heavy atom. The Balaban J connectivity index is 1.94. The number of rotatable bonds is 7. The number of hydrogen-bond donors (Lipinski definition) is 1. The average molecular weight is 289 g/mol. The maximum absolute atomic E-state index is 11.8. The summed E-state index contributed by atoms with van der Waals surface area (Å²) in [5.41, 5.74) is 7.46. The van der Waals surface area contributed by atoms with Crippen molar-refractivity contribution in [2.45, 2.75) is 13.3 Å². The summed E-state index contributed by atoms with van der Waals surface area (Å²) in [5, 5.41) is 4.19. The van der Waals surface area contributed by atoms with Gasteiger partial charge in [0.1, 0.15) is 0 Å². The lowest BCUT2D eigenvalue weighted by Crippen LogP contribution is -2.10. The van der Waals surface area contributed by atoms with E-state index in [4.69, 9.17) is 15.2 Å². The fourth-order valence-corrected chi connectivity index (χ4v) is 1.81. The summed E-state index contributed by atoms with van der Waals surface area (Å²) in [6.07, 6.45) is 2.36. The van der Waals surface area contributed by atoms with Gasteiger partial charge >= 0.3 is 5.97 Å². The van der Waals surface area contributed by atoms with E-state index < -0.39 is 5.97 Å². The number of esters is 1. The van der Waals surface area contributed by atoms with E-state index in [-0.39, 0.29) is 5.69 Å². The summed E-state index contributed by atoms with van der Waals surface area (Å²) in [6, 6.07) is 8.93. The normalized spacial score (nSPS) is 10.5. The number of ether oxygens (including phenoxy) is 2. The number of nitrogens with zero attached hydrogens (tertiary/aromatic N) is 2. The molecule has 0 amide bonds. The first-order valence-corrected chi connectivity index (χ1v) is 6.87. The molecule has 0 bridgehead atoms. The largest absolute Gasteiger partial charge is 0.461 e. The molecule has 1 aromatic heterocycles. The molecule has 0 atom stereocenters. The van der Waals surface area contributed by atoms with Crippen LogP contribution < -0.4 is 5.73 Å². The Hall–Kier alpha value is -2.34. The lowest BCUT2D eigenvalue weighted by atomic mass is 10.3. The van der Waals surface area contributed by atoms with Crippen molar-refractivity contribution >= 4 is 11.7 Å². The quantitative estimate of drug-likeness (QED) is 0.479. The summed E-state index contributed by atoms with van der Waals surface area (Å²) in [7, 11) is 0. The van der Waals surface area contributed by atoms with E-state index in [1.54, 1.807) is 23.0 Å². The van der Waals surface area contributed by atoms with Crippen LogP contribution >= 0.6 is 0 Å². The predicted molar refractivity (Wildman–Crippen MR) is 79.4 cm³/mol. The van der Waals surface area contributed by atoms with Crippen LogP contribution in [0.1, 0.15) is 23.8 Å². The molecule has 0 saturated heterocycles. The van der Waals surface area contributed by atoms with Gasteiger partial charge in [0, 0.05) is 25.8 Å². The molecule has 0 saturated carbocycles. The van der Waals surface area contributed by atoms with Gasteiger partial charge in [-0.2, -0.15) is 5.10 Å². The minimum Gasteiger partial charge on any atom is -0.461 e. The molecule has 6 nitrogen and oxygen atoms in total.